The summed E-state index contributed by atoms with van der Waals surface area (Å²) in [5.74, 6) is -0.114. The van der Waals surface area contributed by atoms with Gasteiger partial charge in [0.15, 0.2) is 0 Å². The second-order valence-corrected chi connectivity index (χ2v) is 9.56. The van der Waals surface area contributed by atoms with E-state index in [1.54, 1.807) is 60.9 Å². The third-order valence-electron chi connectivity index (χ3n) is 6.71. The van der Waals surface area contributed by atoms with E-state index in [1.165, 1.54) is 18.3 Å². The van der Waals surface area contributed by atoms with Gasteiger partial charge in [0.1, 0.15) is 11.5 Å². The number of anilines is 1. The van der Waals surface area contributed by atoms with E-state index < -0.39 is 11.9 Å². The molecule has 41 heavy (non-hydrogen) atoms. The normalized spacial score (nSPS) is 16.3. The zero-order valence-corrected chi connectivity index (χ0v) is 22.0. The monoisotopic (exact) mass is 552 g/mol. The van der Waals surface area contributed by atoms with Gasteiger partial charge in [-0.3, -0.25) is 14.6 Å². The van der Waals surface area contributed by atoms with Crippen LogP contribution in [0.5, 0.6) is 17.4 Å². The van der Waals surface area contributed by atoms with Crippen LogP contribution in [0, 0.1) is 0 Å². The highest BCUT2D eigenvalue weighted by molar-refractivity contribution is 6.07. The van der Waals surface area contributed by atoms with Gasteiger partial charge in [-0.15, -0.1) is 0 Å². The van der Waals surface area contributed by atoms with Crippen molar-refractivity contribution in [2.45, 2.75) is 37.8 Å². The average molecular weight is 553 g/mol. The summed E-state index contributed by atoms with van der Waals surface area (Å²) >= 11 is 0. The zero-order chi connectivity index (χ0) is 28.6. The zero-order valence-electron chi connectivity index (χ0n) is 22.0. The first-order valence-electron chi connectivity index (χ1n) is 13.2. The van der Waals surface area contributed by atoms with E-state index in [4.69, 9.17) is 9.47 Å². The SMILES string of the molecule is O=C(Nc1ccccc1C(=O)O)c1ccc(Oc2ccc(OC3CCC(NC(=O)c4ccncc4)CC3)cc2)nc1. The van der Waals surface area contributed by atoms with Crippen molar-refractivity contribution in [2.24, 2.45) is 0 Å². The van der Waals surface area contributed by atoms with Gasteiger partial charge in [-0.05, 0) is 80.3 Å². The molecule has 0 spiro atoms. The Morgan fingerprint density at radius 2 is 1.49 bits per heavy atom. The van der Waals surface area contributed by atoms with Crippen LogP contribution in [0.3, 0.4) is 0 Å². The quantitative estimate of drug-likeness (QED) is 0.253. The standard InChI is InChI=1S/C31H28N4O6/c36-29(20-15-17-32-18-16-20)34-22-6-8-23(9-7-22)40-24-10-12-25(13-11-24)41-28-14-5-21(19-33-28)30(37)35-27-4-2-1-3-26(27)31(38)39/h1-5,10-19,22-23H,6-9H2,(H,34,36)(H,35,37)(H,38,39). The van der Waals surface area contributed by atoms with Crippen LogP contribution in [0.15, 0.2) is 91.4 Å². The predicted molar refractivity (Wildman–Crippen MR) is 150 cm³/mol. The summed E-state index contributed by atoms with van der Waals surface area (Å²) in [6.45, 7) is 0. The third-order valence-corrected chi connectivity index (χ3v) is 6.71. The van der Waals surface area contributed by atoms with Crippen molar-refractivity contribution in [1.29, 1.82) is 0 Å². The van der Waals surface area contributed by atoms with Gasteiger partial charge in [0.05, 0.1) is 22.9 Å². The molecule has 0 atom stereocenters. The molecule has 4 aromatic rings. The second-order valence-electron chi connectivity index (χ2n) is 9.56. The Morgan fingerprint density at radius 1 is 0.780 bits per heavy atom. The van der Waals surface area contributed by atoms with E-state index in [-0.39, 0.29) is 34.9 Å². The Morgan fingerprint density at radius 3 is 2.17 bits per heavy atom. The van der Waals surface area contributed by atoms with Gasteiger partial charge in [0.2, 0.25) is 5.88 Å². The van der Waals surface area contributed by atoms with Crippen molar-refractivity contribution < 1.29 is 29.0 Å². The number of nitrogens with one attached hydrogen (secondary N) is 2. The van der Waals surface area contributed by atoms with Crippen LogP contribution in [0.4, 0.5) is 5.69 Å². The van der Waals surface area contributed by atoms with E-state index >= 15 is 0 Å². The summed E-state index contributed by atoms with van der Waals surface area (Å²) in [6.07, 6.45) is 8.01. The van der Waals surface area contributed by atoms with Gasteiger partial charge >= 0.3 is 5.97 Å². The van der Waals surface area contributed by atoms with E-state index in [1.807, 2.05) is 12.1 Å². The topological polar surface area (TPSA) is 140 Å². The maximum Gasteiger partial charge on any atom is 0.337 e. The summed E-state index contributed by atoms with van der Waals surface area (Å²) in [5, 5.41) is 15.0. The van der Waals surface area contributed by atoms with E-state index in [9.17, 15) is 19.5 Å². The third kappa shape index (κ3) is 7.24. The number of carboxylic acid groups (broad SMARTS) is 1. The second kappa shape index (κ2) is 12.7. The number of ether oxygens (including phenoxy) is 2. The largest absolute Gasteiger partial charge is 0.490 e. The van der Waals surface area contributed by atoms with Gasteiger partial charge in [0.25, 0.3) is 11.8 Å². The van der Waals surface area contributed by atoms with Crippen LogP contribution in [0.2, 0.25) is 0 Å². The van der Waals surface area contributed by atoms with E-state index in [2.05, 4.69) is 20.6 Å². The Labute approximate surface area is 236 Å². The summed E-state index contributed by atoms with van der Waals surface area (Å²) in [7, 11) is 0. The van der Waals surface area contributed by atoms with Crippen molar-refractivity contribution in [3.63, 3.8) is 0 Å². The molecule has 0 saturated heterocycles. The maximum atomic E-state index is 12.6. The number of hydrogen-bond donors (Lipinski definition) is 3. The molecule has 1 saturated carbocycles. The molecule has 1 aliphatic carbocycles. The van der Waals surface area contributed by atoms with Crippen molar-refractivity contribution in [2.75, 3.05) is 5.32 Å². The molecular weight excluding hydrogens is 524 g/mol. The van der Waals surface area contributed by atoms with Crippen molar-refractivity contribution >= 4 is 23.5 Å². The van der Waals surface area contributed by atoms with Crippen LogP contribution >= 0.6 is 0 Å². The Kier molecular flexibility index (Phi) is 8.49. The lowest BCUT2D eigenvalue weighted by atomic mass is 9.92. The molecule has 2 aromatic heterocycles. The van der Waals surface area contributed by atoms with Gasteiger partial charge in [-0.1, -0.05) is 12.1 Å². The first-order chi connectivity index (χ1) is 19.9. The van der Waals surface area contributed by atoms with Gasteiger partial charge in [-0.2, -0.15) is 0 Å². The Bertz CT molecular complexity index is 1500. The first-order valence-corrected chi connectivity index (χ1v) is 13.2. The summed E-state index contributed by atoms with van der Waals surface area (Å²) < 4.78 is 11.9. The smallest absolute Gasteiger partial charge is 0.337 e. The minimum atomic E-state index is -1.13. The lowest BCUT2D eigenvalue weighted by molar-refractivity contribution is 0.0697. The van der Waals surface area contributed by atoms with E-state index in [0.29, 0.717) is 17.2 Å². The number of benzene rings is 2. The minimum Gasteiger partial charge on any atom is -0.490 e. The number of amides is 2. The number of nitrogens with zero attached hydrogens (tertiary/aromatic N) is 2. The number of aromatic nitrogens is 2. The fourth-order valence-corrected chi connectivity index (χ4v) is 4.54. The highest BCUT2D eigenvalue weighted by Gasteiger charge is 2.24. The van der Waals surface area contributed by atoms with Crippen LogP contribution in [0.25, 0.3) is 0 Å². The number of carboxylic acids is 1. The fourth-order valence-electron chi connectivity index (χ4n) is 4.54. The van der Waals surface area contributed by atoms with Gasteiger partial charge < -0.3 is 25.2 Å². The number of rotatable bonds is 9. The number of para-hydroxylation sites is 1. The van der Waals surface area contributed by atoms with Crippen LogP contribution < -0.4 is 20.1 Å². The molecule has 1 fully saturated rings. The van der Waals surface area contributed by atoms with Crippen LogP contribution in [-0.2, 0) is 0 Å². The number of aromatic carboxylic acids is 1. The van der Waals surface area contributed by atoms with Gasteiger partial charge in [-0.25, -0.2) is 9.78 Å². The number of carbonyl (C=O) groups excluding carboxylic acids is 2. The number of hydrogen-bond acceptors (Lipinski definition) is 7. The number of pyridine rings is 2. The molecule has 5 rings (SSSR count). The lowest BCUT2D eigenvalue weighted by Crippen LogP contribution is -2.39. The molecule has 0 aliphatic heterocycles. The molecule has 0 radical (unpaired) electrons. The Balaban J connectivity index is 1.09. The molecule has 3 N–H and O–H groups in total. The maximum absolute atomic E-state index is 12.6. The van der Waals surface area contributed by atoms with Crippen molar-refractivity contribution in [3.05, 3.63) is 108 Å². The number of carbonyl (C=O) groups is 3. The molecule has 0 bridgehead atoms. The molecule has 10 nitrogen and oxygen atoms in total. The summed E-state index contributed by atoms with van der Waals surface area (Å²) in [6, 6.07) is 20.0. The molecular formula is C31H28N4O6. The molecule has 2 aromatic carbocycles. The average Bonchev–Trinajstić information content (AvgIpc) is 3.00. The van der Waals surface area contributed by atoms with Crippen molar-refractivity contribution in [1.82, 2.24) is 15.3 Å². The predicted octanol–water partition coefficient (Wildman–Crippen LogP) is 5.34. The van der Waals surface area contributed by atoms with Crippen LogP contribution in [0.1, 0.15) is 56.8 Å². The molecule has 208 valence electrons. The van der Waals surface area contributed by atoms with Crippen LogP contribution in [-0.4, -0.2) is 45.0 Å². The van der Waals surface area contributed by atoms with E-state index in [0.717, 1.165) is 31.4 Å². The Hall–Kier alpha value is -5.25. The van der Waals surface area contributed by atoms with Crippen molar-refractivity contribution in [3.8, 4) is 17.4 Å². The highest BCUT2D eigenvalue weighted by Crippen LogP contribution is 2.27. The highest BCUT2D eigenvalue weighted by atomic mass is 16.5. The fraction of sp³-hybridized carbons (Fsp3) is 0.194. The summed E-state index contributed by atoms with van der Waals surface area (Å²) in [5.41, 5.74) is 1.07. The lowest BCUT2D eigenvalue weighted by Gasteiger charge is -2.29. The first kappa shape index (κ1) is 27.3. The van der Waals surface area contributed by atoms with Gasteiger partial charge in [0, 0.05) is 36.3 Å². The molecule has 0 unspecified atom stereocenters. The summed E-state index contributed by atoms with van der Waals surface area (Å²) in [4.78, 5) is 44.4. The molecule has 2 amide bonds. The molecule has 2 heterocycles. The molecule has 10 heteroatoms. The molecule has 1 aliphatic rings. The minimum absolute atomic E-state index is 0.000622.